The van der Waals surface area contributed by atoms with E-state index in [9.17, 15) is 0 Å². The van der Waals surface area contributed by atoms with Gasteiger partial charge in [-0.1, -0.05) is 73.7 Å². The lowest BCUT2D eigenvalue weighted by atomic mass is 9.98. The van der Waals surface area contributed by atoms with Crippen molar-refractivity contribution in [1.82, 2.24) is 9.97 Å². The Hall–Kier alpha value is -2.87. The van der Waals surface area contributed by atoms with E-state index in [2.05, 4.69) is 84.7 Å². The minimum absolute atomic E-state index is 0.445. The zero-order valence-electron chi connectivity index (χ0n) is 13.7. The molecule has 0 amide bonds. The standard InChI is InChI=1S/C22H20N2/c1-16(17-8-4-2-5-9-17)14-22-23-20-13-12-19(15-21(20)24-22)18-10-6-3-7-11-18/h2-13,15-16H,14H2,1H3,(H,23,24). The zero-order chi connectivity index (χ0) is 16.4. The molecule has 24 heavy (non-hydrogen) atoms. The summed E-state index contributed by atoms with van der Waals surface area (Å²) in [6, 6.07) is 27.5. The van der Waals surface area contributed by atoms with E-state index in [1.54, 1.807) is 0 Å². The summed E-state index contributed by atoms with van der Waals surface area (Å²) >= 11 is 0. The molecule has 0 aliphatic carbocycles. The van der Waals surface area contributed by atoms with Crippen molar-refractivity contribution in [3.8, 4) is 11.1 Å². The average Bonchev–Trinajstić information content (AvgIpc) is 3.04. The molecular weight excluding hydrogens is 292 g/mol. The van der Waals surface area contributed by atoms with Crippen LogP contribution in [0.15, 0.2) is 78.9 Å². The molecule has 0 aliphatic heterocycles. The van der Waals surface area contributed by atoms with E-state index in [1.165, 1.54) is 16.7 Å². The van der Waals surface area contributed by atoms with Crippen molar-refractivity contribution in [2.45, 2.75) is 19.3 Å². The molecule has 0 fully saturated rings. The molecule has 4 rings (SSSR count). The Morgan fingerprint density at radius 3 is 2.29 bits per heavy atom. The first kappa shape index (κ1) is 14.7. The van der Waals surface area contributed by atoms with Crippen LogP contribution < -0.4 is 0 Å². The topological polar surface area (TPSA) is 28.7 Å². The fraction of sp³-hybridized carbons (Fsp3) is 0.136. The maximum absolute atomic E-state index is 4.76. The maximum atomic E-state index is 4.76. The van der Waals surface area contributed by atoms with E-state index in [0.29, 0.717) is 5.92 Å². The number of nitrogens with one attached hydrogen (secondary N) is 1. The lowest BCUT2D eigenvalue weighted by Crippen LogP contribution is -1.99. The Labute approximate surface area is 142 Å². The molecule has 1 heterocycles. The van der Waals surface area contributed by atoms with Gasteiger partial charge < -0.3 is 4.98 Å². The molecule has 0 saturated carbocycles. The van der Waals surface area contributed by atoms with Crippen molar-refractivity contribution in [2.75, 3.05) is 0 Å². The summed E-state index contributed by atoms with van der Waals surface area (Å²) in [6.07, 6.45) is 0.916. The quantitative estimate of drug-likeness (QED) is 0.524. The molecule has 1 N–H and O–H groups in total. The molecule has 0 spiro atoms. The minimum atomic E-state index is 0.445. The van der Waals surface area contributed by atoms with Crippen LogP contribution in [0.4, 0.5) is 0 Å². The van der Waals surface area contributed by atoms with Crippen LogP contribution in [-0.2, 0) is 6.42 Å². The molecule has 0 aliphatic rings. The second-order valence-electron chi connectivity index (χ2n) is 6.30. The van der Waals surface area contributed by atoms with Crippen molar-refractivity contribution >= 4 is 11.0 Å². The molecule has 1 aromatic heterocycles. The molecule has 0 bridgehead atoms. The first-order valence-corrected chi connectivity index (χ1v) is 8.38. The van der Waals surface area contributed by atoms with Crippen LogP contribution >= 0.6 is 0 Å². The molecule has 2 heteroatoms. The number of aromatic nitrogens is 2. The molecule has 4 aromatic rings. The van der Waals surface area contributed by atoms with Gasteiger partial charge in [-0.3, -0.25) is 0 Å². The van der Waals surface area contributed by atoms with Gasteiger partial charge in [-0.05, 0) is 34.7 Å². The number of rotatable bonds is 4. The number of H-pyrrole nitrogens is 1. The number of imidazole rings is 1. The third kappa shape index (κ3) is 2.95. The third-order valence-electron chi connectivity index (χ3n) is 4.51. The maximum Gasteiger partial charge on any atom is 0.107 e. The highest BCUT2D eigenvalue weighted by atomic mass is 14.9. The molecule has 1 unspecified atom stereocenters. The SMILES string of the molecule is CC(Cc1nc2ccc(-c3ccccc3)cc2[nH]1)c1ccccc1. The van der Waals surface area contributed by atoms with Crippen molar-refractivity contribution in [3.05, 3.63) is 90.3 Å². The van der Waals surface area contributed by atoms with Gasteiger partial charge in [-0.15, -0.1) is 0 Å². The second kappa shape index (κ2) is 6.32. The van der Waals surface area contributed by atoms with Gasteiger partial charge in [0.15, 0.2) is 0 Å². The summed E-state index contributed by atoms with van der Waals surface area (Å²) in [7, 11) is 0. The lowest BCUT2D eigenvalue weighted by molar-refractivity contribution is 0.729. The van der Waals surface area contributed by atoms with Crippen LogP contribution in [0.5, 0.6) is 0 Å². The summed E-state index contributed by atoms with van der Waals surface area (Å²) in [5, 5.41) is 0. The van der Waals surface area contributed by atoms with Gasteiger partial charge in [0, 0.05) is 6.42 Å². The third-order valence-corrected chi connectivity index (χ3v) is 4.51. The predicted molar refractivity (Wildman–Crippen MR) is 100 cm³/mol. The summed E-state index contributed by atoms with van der Waals surface area (Å²) in [4.78, 5) is 8.25. The second-order valence-corrected chi connectivity index (χ2v) is 6.30. The number of hydrogen-bond acceptors (Lipinski definition) is 1. The Bertz CT molecular complexity index is 940. The van der Waals surface area contributed by atoms with Crippen molar-refractivity contribution in [3.63, 3.8) is 0 Å². The van der Waals surface area contributed by atoms with Crippen LogP contribution in [-0.4, -0.2) is 9.97 Å². The van der Waals surface area contributed by atoms with E-state index >= 15 is 0 Å². The minimum Gasteiger partial charge on any atom is -0.342 e. The Kier molecular flexibility index (Phi) is 3.87. The van der Waals surface area contributed by atoms with E-state index in [-0.39, 0.29) is 0 Å². The number of fused-ring (bicyclic) bond motifs is 1. The molecule has 3 aromatic carbocycles. The monoisotopic (exact) mass is 312 g/mol. The summed E-state index contributed by atoms with van der Waals surface area (Å²) < 4.78 is 0. The normalized spacial score (nSPS) is 12.4. The van der Waals surface area contributed by atoms with Crippen LogP contribution in [0.3, 0.4) is 0 Å². The van der Waals surface area contributed by atoms with E-state index < -0.39 is 0 Å². The van der Waals surface area contributed by atoms with E-state index in [0.717, 1.165) is 23.3 Å². The first-order valence-electron chi connectivity index (χ1n) is 8.38. The van der Waals surface area contributed by atoms with Gasteiger partial charge in [0.2, 0.25) is 0 Å². The van der Waals surface area contributed by atoms with Gasteiger partial charge in [-0.2, -0.15) is 0 Å². The van der Waals surface area contributed by atoms with Gasteiger partial charge in [0.25, 0.3) is 0 Å². The highest BCUT2D eigenvalue weighted by Crippen LogP contribution is 2.25. The molecule has 0 radical (unpaired) electrons. The number of nitrogens with zero attached hydrogens (tertiary/aromatic N) is 1. The molecule has 1 atom stereocenters. The fourth-order valence-electron chi connectivity index (χ4n) is 3.16. The van der Waals surface area contributed by atoms with Crippen molar-refractivity contribution < 1.29 is 0 Å². The lowest BCUT2D eigenvalue weighted by Gasteiger charge is -2.09. The average molecular weight is 312 g/mol. The van der Waals surface area contributed by atoms with Gasteiger partial charge in [0.05, 0.1) is 11.0 Å². The summed E-state index contributed by atoms with van der Waals surface area (Å²) in [5.41, 5.74) is 5.93. The largest absolute Gasteiger partial charge is 0.342 e. The molecule has 0 saturated heterocycles. The van der Waals surface area contributed by atoms with E-state index in [4.69, 9.17) is 4.98 Å². The highest BCUT2D eigenvalue weighted by molar-refractivity contribution is 5.82. The predicted octanol–water partition coefficient (Wildman–Crippen LogP) is 5.58. The first-order chi connectivity index (χ1) is 11.8. The van der Waals surface area contributed by atoms with Crippen molar-refractivity contribution in [2.24, 2.45) is 0 Å². The number of benzene rings is 3. The molecular formula is C22H20N2. The van der Waals surface area contributed by atoms with Crippen molar-refractivity contribution in [1.29, 1.82) is 0 Å². The smallest absolute Gasteiger partial charge is 0.107 e. The summed E-state index contributed by atoms with van der Waals surface area (Å²) in [6.45, 7) is 2.25. The molecule has 2 nitrogen and oxygen atoms in total. The van der Waals surface area contributed by atoms with Gasteiger partial charge >= 0.3 is 0 Å². The number of aromatic amines is 1. The zero-order valence-corrected chi connectivity index (χ0v) is 13.7. The van der Waals surface area contributed by atoms with Crippen LogP contribution in [0.1, 0.15) is 24.2 Å². The van der Waals surface area contributed by atoms with Crippen LogP contribution in [0.2, 0.25) is 0 Å². The summed E-state index contributed by atoms with van der Waals surface area (Å²) in [5.74, 6) is 1.49. The van der Waals surface area contributed by atoms with Gasteiger partial charge in [-0.25, -0.2) is 4.98 Å². The van der Waals surface area contributed by atoms with E-state index in [1.807, 2.05) is 6.07 Å². The highest BCUT2D eigenvalue weighted by Gasteiger charge is 2.10. The Morgan fingerprint density at radius 1 is 0.833 bits per heavy atom. The Balaban J connectivity index is 1.62. The fourth-order valence-corrected chi connectivity index (χ4v) is 3.16. The van der Waals surface area contributed by atoms with Gasteiger partial charge in [0.1, 0.15) is 5.82 Å². The van der Waals surface area contributed by atoms with Crippen LogP contribution in [0.25, 0.3) is 22.2 Å². The Morgan fingerprint density at radius 2 is 1.54 bits per heavy atom. The number of hydrogen-bond donors (Lipinski definition) is 1. The van der Waals surface area contributed by atoms with Crippen LogP contribution in [0, 0.1) is 0 Å². The molecule has 118 valence electrons.